The Labute approximate surface area is 121 Å². The minimum Gasteiger partial charge on any atom is -0.337 e. The van der Waals surface area contributed by atoms with Crippen molar-refractivity contribution in [1.29, 1.82) is 0 Å². The lowest BCUT2D eigenvalue weighted by molar-refractivity contribution is 0.0697. The average molecular weight is 309 g/mol. The Hall–Kier alpha value is -1.27. The lowest BCUT2D eigenvalue weighted by atomic mass is 10.0. The Bertz CT molecular complexity index is 475. The molecule has 0 bridgehead atoms. The molecular weight excluding hydrogens is 293 g/mol. The number of likely N-dealkylation sites (tertiary alicyclic amines) is 1. The molecule has 1 fully saturated rings. The minimum absolute atomic E-state index is 0. The number of hydrogen-bond acceptors (Lipinski definition) is 2. The van der Waals surface area contributed by atoms with Crippen molar-refractivity contribution in [3.8, 4) is 0 Å². The highest BCUT2D eigenvalue weighted by Gasteiger charge is 2.25. The van der Waals surface area contributed by atoms with Crippen LogP contribution < -0.4 is 5.32 Å². The highest BCUT2D eigenvalue weighted by Crippen LogP contribution is 2.18. The molecule has 0 aliphatic carbocycles. The summed E-state index contributed by atoms with van der Waals surface area (Å²) < 4.78 is 39.1. The molecule has 1 atom stereocenters. The number of piperidine rings is 1. The molecule has 1 saturated heterocycles. The van der Waals surface area contributed by atoms with Crippen LogP contribution in [0.4, 0.5) is 13.2 Å². The van der Waals surface area contributed by atoms with Crippen LogP contribution in [0.3, 0.4) is 0 Å². The lowest BCUT2D eigenvalue weighted by Gasteiger charge is -2.32. The van der Waals surface area contributed by atoms with Crippen molar-refractivity contribution >= 4 is 18.3 Å². The van der Waals surface area contributed by atoms with E-state index in [1.807, 2.05) is 0 Å². The normalized spacial score (nSPS) is 18.6. The van der Waals surface area contributed by atoms with E-state index in [0.29, 0.717) is 13.1 Å². The molecule has 20 heavy (non-hydrogen) atoms. The highest BCUT2D eigenvalue weighted by molar-refractivity contribution is 5.94. The number of nitrogens with one attached hydrogen (secondary N) is 1. The molecule has 1 heterocycles. The van der Waals surface area contributed by atoms with Crippen LogP contribution in [0, 0.1) is 17.5 Å². The quantitative estimate of drug-likeness (QED) is 0.851. The van der Waals surface area contributed by atoms with Gasteiger partial charge in [0.05, 0.1) is 0 Å². The summed E-state index contributed by atoms with van der Waals surface area (Å²) in [7, 11) is 1.80. The summed E-state index contributed by atoms with van der Waals surface area (Å²) in [5.41, 5.74) is -0.159. The minimum atomic E-state index is -1.55. The fraction of sp³-hybridized carbons (Fsp3) is 0.462. The maximum atomic E-state index is 13.1. The standard InChI is InChI=1S/C13H15F3N2O.ClH/c1-17-9-3-2-4-18(7-9)13(19)8-5-10(14)12(16)11(15)6-8;/h5-6,9,17H,2-4,7H2,1H3;1H. The van der Waals surface area contributed by atoms with Crippen molar-refractivity contribution in [3.63, 3.8) is 0 Å². The van der Waals surface area contributed by atoms with Crippen LogP contribution in [-0.2, 0) is 0 Å². The van der Waals surface area contributed by atoms with Crippen molar-refractivity contribution in [3.05, 3.63) is 35.1 Å². The Morgan fingerprint density at radius 2 is 1.90 bits per heavy atom. The SMILES string of the molecule is CNC1CCCN(C(=O)c2cc(F)c(F)c(F)c2)C1.Cl. The van der Waals surface area contributed by atoms with Crippen LogP contribution in [0.25, 0.3) is 0 Å². The summed E-state index contributed by atoms with van der Waals surface area (Å²) in [5.74, 6) is -4.71. The van der Waals surface area contributed by atoms with E-state index in [2.05, 4.69) is 5.32 Å². The van der Waals surface area contributed by atoms with Crippen LogP contribution in [0.1, 0.15) is 23.2 Å². The third kappa shape index (κ3) is 3.43. The van der Waals surface area contributed by atoms with Gasteiger partial charge in [-0.25, -0.2) is 13.2 Å². The zero-order valence-electron chi connectivity index (χ0n) is 11.0. The average Bonchev–Trinajstić information content (AvgIpc) is 2.43. The van der Waals surface area contributed by atoms with Gasteiger partial charge in [-0.05, 0) is 32.0 Å². The van der Waals surface area contributed by atoms with Gasteiger partial charge in [-0.2, -0.15) is 0 Å². The maximum absolute atomic E-state index is 13.1. The molecule has 1 N–H and O–H groups in total. The largest absolute Gasteiger partial charge is 0.337 e. The van der Waals surface area contributed by atoms with Gasteiger partial charge in [0.2, 0.25) is 0 Å². The third-order valence-corrected chi connectivity index (χ3v) is 3.35. The Morgan fingerprint density at radius 1 is 1.30 bits per heavy atom. The van der Waals surface area contributed by atoms with Gasteiger partial charge in [-0.3, -0.25) is 4.79 Å². The molecule has 112 valence electrons. The van der Waals surface area contributed by atoms with Gasteiger partial charge in [0, 0.05) is 24.7 Å². The summed E-state index contributed by atoms with van der Waals surface area (Å²) in [4.78, 5) is 13.6. The van der Waals surface area contributed by atoms with Crippen LogP contribution >= 0.6 is 12.4 Å². The van der Waals surface area contributed by atoms with Gasteiger partial charge in [0.25, 0.3) is 5.91 Å². The summed E-state index contributed by atoms with van der Waals surface area (Å²) in [6, 6.07) is 1.65. The summed E-state index contributed by atoms with van der Waals surface area (Å²) >= 11 is 0. The molecule has 0 aromatic heterocycles. The van der Waals surface area contributed by atoms with Gasteiger partial charge in [-0.15, -0.1) is 12.4 Å². The zero-order chi connectivity index (χ0) is 14.0. The number of halogens is 4. The second-order valence-electron chi connectivity index (χ2n) is 4.63. The second kappa shape index (κ2) is 6.95. The number of carbonyl (C=O) groups excluding carboxylic acids is 1. The van der Waals surface area contributed by atoms with E-state index in [9.17, 15) is 18.0 Å². The molecular formula is C13H16ClF3N2O. The predicted octanol–water partition coefficient (Wildman–Crippen LogP) is 2.35. The smallest absolute Gasteiger partial charge is 0.254 e. The number of amides is 1. The summed E-state index contributed by atoms with van der Waals surface area (Å²) in [6.45, 7) is 1.02. The van der Waals surface area contributed by atoms with E-state index >= 15 is 0 Å². The fourth-order valence-electron chi connectivity index (χ4n) is 2.26. The molecule has 1 unspecified atom stereocenters. The van der Waals surface area contributed by atoms with Gasteiger partial charge in [0.1, 0.15) is 0 Å². The van der Waals surface area contributed by atoms with E-state index in [-0.39, 0.29) is 24.0 Å². The van der Waals surface area contributed by atoms with Crippen molar-refractivity contribution in [2.24, 2.45) is 0 Å². The molecule has 0 spiro atoms. The van der Waals surface area contributed by atoms with Gasteiger partial charge < -0.3 is 10.2 Å². The molecule has 0 radical (unpaired) electrons. The van der Waals surface area contributed by atoms with E-state index in [0.717, 1.165) is 25.0 Å². The lowest BCUT2D eigenvalue weighted by Crippen LogP contribution is -2.47. The Kier molecular flexibility index (Phi) is 5.83. The molecule has 1 aromatic carbocycles. The molecule has 1 amide bonds. The predicted molar refractivity (Wildman–Crippen MR) is 71.5 cm³/mol. The van der Waals surface area contributed by atoms with E-state index in [1.54, 1.807) is 7.05 Å². The summed E-state index contributed by atoms with van der Waals surface area (Å²) in [5, 5.41) is 3.07. The van der Waals surface area contributed by atoms with Gasteiger partial charge in [0.15, 0.2) is 17.5 Å². The van der Waals surface area contributed by atoms with Crippen molar-refractivity contribution < 1.29 is 18.0 Å². The number of nitrogens with zero attached hydrogens (tertiary/aromatic N) is 1. The molecule has 1 aliphatic rings. The molecule has 1 aromatic rings. The highest BCUT2D eigenvalue weighted by atomic mass is 35.5. The Balaban J connectivity index is 0.00000200. The zero-order valence-corrected chi connectivity index (χ0v) is 11.8. The topological polar surface area (TPSA) is 32.3 Å². The first kappa shape index (κ1) is 16.8. The monoisotopic (exact) mass is 308 g/mol. The molecule has 0 saturated carbocycles. The van der Waals surface area contributed by atoms with Crippen molar-refractivity contribution in [1.82, 2.24) is 10.2 Å². The molecule has 2 rings (SSSR count). The van der Waals surface area contributed by atoms with Crippen LogP contribution in [0.2, 0.25) is 0 Å². The maximum Gasteiger partial charge on any atom is 0.254 e. The van der Waals surface area contributed by atoms with Crippen LogP contribution in [0.5, 0.6) is 0 Å². The van der Waals surface area contributed by atoms with Crippen LogP contribution in [0.15, 0.2) is 12.1 Å². The Morgan fingerprint density at radius 3 is 2.45 bits per heavy atom. The molecule has 3 nitrogen and oxygen atoms in total. The molecule has 7 heteroatoms. The van der Waals surface area contributed by atoms with Gasteiger partial charge >= 0.3 is 0 Å². The van der Waals surface area contributed by atoms with E-state index in [1.165, 1.54) is 4.90 Å². The third-order valence-electron chi connectivity index (χ3n) is 3.35. The number of carbonyl (C=O) groups is 1. The fourth-order valence-corrected chi connectivity index (χ4v) is 2.26. The first-order chi connectivity index (χ1) is 9.02. The van der Waals surface area contributed by atoms with E-state index in [4.69, 9.17) is 0 Å². The first-order valence-corrected chi connectivity index (χ1v) is 6.14. The van der Waals surface area contributed by atoms with Gasteiger partial charge in [-0.1, -0.05) is 0 Å². The number of hydrogen-bond donors (Lipinski definition) is 1. The first-order valence-electron chi connectivity index (χ1n) is 6.14. The summed E-state index contributed by atoms with van der Waals surface area (Å²) in [6.07, 6.45) is 1.77. The van der Waals surface area contributed by atoms with Crippen molar-refractivity contribution in [2.45, 2.75) is 18.9 Å². The second-order valence-corrected chi connectivity index (χ2v) is 4.63. The van der Waals surface area contributed by atoms with E-state index < -0.39 is 23.4 Å². The number of rotatable bonds is 2. The number of likely N-dealkylation sites (N-methyl/N-ethyl adjacent to an activating group) is 1. The number of benzene rings is 1. The molecule has 1 aliphatic heterocycles. The van der Waals surface area contributed by atoms with Crippen molar-refractivity contribution in [2.75, 3.05) is 20.1 Å². The van der Waals surface area contributed by atoms with Crippen LogP contribution in [-0.4, -0.2) is 37.0 Å².